The lowest BCUT2D eigenvalue weighted by Gasteiger charge is -1.97. The lowest BCUT2D eigenvalue weighted by atomic mass is 10.1. The van der Waals surface area contributed by atoms with Gasteiger partial charge in [-0.1, -0.05) is 0 Å². The first-order valence-corrected chi connectivity index (χ1v) is 3.65. The molecule has 0 saturated carbocycles. The fourth-order valence-electron chi connectivity index (χ4n) is 1.41. The summed E-state index contributed by atoms with van der Waals surface area (Å²) in [7, 11) is 0. The van der Waals surface area contributed by atoms with E-state index in [4.69, 9.17) is 0 Å². The number of carbonyl (C=O) groups excluding carboxylic acids is 2. The van der Waals surface area contributed by atoms with Gasteiger partial charge >= 0.3 is 0 Å². The average molecular weight is 182 g/mol. The largest absolute Gasteiger partial charge is 0.294 e. The minimum Gasteiger partial charge on any atom is -0.294 e. The van der Waals surface area contributed by atoms with Gasteiger partial charge in [0, 0.05) is 11.6 Å². The van der Waals surface area contributed by atoms with Gasteiger partial charge in [0.15, 0.2) is 11.6 Å². The van der Waals surface area contributed by atoms with E-state index < -0.39 is 23.2 Å². The van der Waals surface area contributed by atoms with Crippen LogP contribution in [-0.4, -0.2) is 11.6 Å². The molecule has 0 atom stereocenters. The van der Waals surface area contributed by atoms with E-state index >= 15 is 0 Å². The molecule has 0 amide bonds. The lowest BCUT2D eigenvalue weighted by molar-refractivity contribution is 0.0922. The summed E-state index contributed by atoms with van der Waals surface area (Å²) in [5.74, 6) is -2.87. The summed E-state index contributed by atoms with van der Waals surface area (Å²) in [5.41, 5.74) is -0.408. The predicted octanol–water partition coefficient (Wildman–Crippen LogP) is 1.73. The maximum Gasteiger partial charge on any atom is 0.174 e. The normalized spacial score (nSPS) is 14.9. The van der Waals surface area contributed by atoms with Gasteiger partial charge in [-0.25, -0.2) is 8.78 Å². The molecule has 0 spiro atoms. The van der Waals surface area contributed by atoms with Gasteiger partial charge in [-0.05, 0) is 6.07 Å². The Kier molecular flexibility index (Phi) is 1.52. The van der Waals surface area contributed by atoms with Crippen LogP contribution in [0.2, 0.25) is 0 Å². The van der Waals surface area contributed by atoms with Crippen molar-refractivity contribution < 1.29 is 18.4 Å². The minimum absolute atomic E-state index is 0.137. The first kappa shape index (κ1) is 8.04. The van der Waals surface area contributed by atoms with Gasteiger partial charge in [-0.2, -0.15) is 0 Å². The van der Waals surface area contributed by atoms with Crippen LogP contribution in [0.3, 0.4) is 0 Å². The van der Waals surface area contributed by atoms with Crippen LogP contribution in [0.25, 0.3) is 0 Å². The highest BCUT2D eigenvalue weighted by atomic mass is 19.1. The van der Waals surface area contributed by atoms with Crippen LogP contribution < -0.4 is 0 Å². The number of carbonyl (C=O) groups is 2. The Hall–Kier alpha value is -1.58. The third-order valence-electron chi connectivity index (χ3n) is 1.96. The topological polar surface area (TPSA) is 34.1 Å². The Morgan fingerprint density at radius 1 is 1.08 bits per heavy atom. The SMILES string of the molecule is O=C1CC(=O)c2c(F)cc(F)cc21. The summed E-state index contributed by atoms with van der Waals surface area (Å²) in [5, 5.41) is 0. The van der Waals surface area contributed by atoms with E-state index in [9.17, 15) is 18.4 Å². The average Bonchev–Trinajstić information content (AvgIpc) is 2.27. The fourth-order valence-corrected chi connectivity index (χ4v) is 1.41. The molecule has 66 valence electrons. The van der Waals surface area contributed by atoms with Crippen LogP contribution in [-0.2, 0) is 0 Å². The molecule has 2 rings (SSSR count). The number of fused-ring (bicyclic) bond motifs is 1. The minimum atomic E-state index is -0.953. The van der Waals surface area contributed by atoms with Gasteiger partial charge in [-0.15, -0.1) is 0 Å². The van der Waals surface area contributed by atoms with Crippen molar-refractivity contribution in [1.29, 1.82) is 0 Å². The second kappa shape index (κ2) is 2.45. The third-order valence-corrected chi connectivity index (χ3v) is 1.96. The first-order chi connectivity index (χ1) is 6.09. The Morgan fingerprint density at radius 3 is 2.46 bits per heavy atom. The summed E-state index contributed by atoms with van der Waals surface area (Å²) in [6, 6.07) is 1.50. The van der Waals surface area contributed by atoms with Crippen LogP contribution in [0.15, 0.2) is 12.1 Å². The summed E-state index contributed by atoms with van der Waals surface area (Å²) in [4.78, 5) is 22.1. The maximum absolute atomic E-state index is 13.0. The molecule has 4 heteroatoms. The highest BCUT2D eigenvalue weighted by molar-refractivity contribution is 6.24. The monoisotopic (exact) mass is 182 g/mol. The van der Waals surface area contributed by atoms with Crippen molar-refractivity contribution in [1.82, 2.24) is 0 Å². The molecule has 1 aliphatic carbocycles. The maximum atomic E-state index is 13.0. The van der Waals surface area contributed by atoms with Crippen molar-refractivity contribution in [3.63, 3.8) is 0 Å². The molecule has 0 bridgehead atoms. The van der Waals surface area contributed by atoms with Crippen LogP contribution in [0.4, 0.5) is 8.78 Å². The molecule has 0 saturated heterocycles. The molecule has 0 heterocycles. The van der Waals surface area contributed by atoms with Crippen LogP contribution in [0, 0.1) is 11.6 Å². The number of Topliss-reactive ketones (excluding diaryl/α,β-unsaturated/α-hetero) is 2. The number of benzene rings is 1. The molecule has 1 aromatic rings. The van der Waals surface area contributed by atoms with Gasteiger partial charge < -0.3 is 0 Å². The summed E-state index contributed by atoms with van der Waals surface area (Å²) < 4.78 is 25.6. The molecule has 0 radical (unpaired) electrons. The smallest absolute Gasteiger partial charge is 0.174 e. The second-order valence-corrected chi connectivity index (χ2v) is 2.83. The van der Waals surface area contributed by atoms with Crippen LogP contribution in [0.1, 0.15) is 27.1 Å². The standard InChI is InChI=1S/C9H4F2O2/c10-4-1-5-7(12)3-8(13)9(5)6(11)2-4/h1-2H,3H2. The molecule has 13 heavy (non-hydrogen) atoms. The van der Waals surface area contributed by atoms with Crippen LogP contribution in [0.5, 0.6) is 0 Å². The van der Waals surface area contributed by atoms with E-state index in [1.165, 1.54) is 0 Å². The number of rotatable bonds is 0. The molecule has 0 aliphatic heterocycles. The Morgan fingerprint density at radius 2 is 1.77 bits per heavy atom. The fraction of sp³-hybridized carbons (Fsp3) is 0.111. The summed E-state index contributed by atoms with van der Waals surface area (Å²) in [6.07, 6.45) is -0.351. The molecule has 1 aromatic carbocycles. The molecule has 1 aliphatic rings. The summed E-state index contributed by atoms with van der Waals surface area (Å²) in [6.45, 7) is 0. The number of ketones is 2. The van der Waals surface area contributed by atoms with E-state index in [1.54, 1.807) is 0 Å². The van der Waals surface area contributed by atoms with Crippen molar-refractivity contribution in [3.8, 4) is 0 Å². The summed E-state index contributed by atoms with van der Waals surface area (Å²) >= 11 is 0. The lowest BCUT2D eigenvalue weighted by Crippen LogP contribution is -1.97. The quantitative estimate of drug-likeness (QED) is 0.572. The second-order valence-electron chi connectivity index (χ2n) is 2.83. The van der Waals surface area contributed by atoms with Crippen LogP contribution >= 0.6 is 0 Å². The van der Waals surface area contributed by atoms with Crippen molar-refractivity contribution in [2.45, 2.75) is 6.42 Å². The van der Waals surface area contributed by atoms with E-state index in [0.717, 1.165) is 6.07 Å². The van der Waals surface area contributed by atoms with Gasteiger partial charge in [0.25, 0.3) is 0 Å². The molecule has 0 unspecified atom stereocenters. The Bertz CT molecular complexity index is 424. The highest BCUT2D eigenvalue weighted by Gasteiger charge is 2.30. The van der Waals surface area contributed by atoms with Gasteiger partial charge in [0.05, 0.1) is 12.0 Å². The predicted molar refractivity (Wildman–Crippen MR) is 39.6 cm³/mol. The highest BCUT2D eigenvalue weighted by Crippen LogP contribution is 2.25. The Balaban J connectivity index is 2.77. The van der Waals surface area contributed by atoms with Gasteiger partial charge in [0.2, 0.25) is 0 Å². The molecule has 2 nitrogen and oxygen atoms in total. The zero-order chi connectivity index (χ0) is 9.59. The van der Waals surface area contributed by atoms with E-state index in [2.05, 4.69) is 0 Å². The van der Waals surface area contributed by atoms with Crippen molar-refractivity contribution in [2.75, 3.05) is 0 Å². The molecular weight excluding hydrogens is 178 g/mol. The van der Waals surface area contributed by atoms with Crippen molar-refractivity contribution >= 4 is 11.6 Å². The van der Waals surface area contributed by atoms with E-state index in [0.29, 0.717) is 6.07 Å². The molecule has 0 N–H and O–H groups in total. The van der Waals surface area contributed by atoms with Crippen molar-refractivity contribution in [2.24, 2.45) is 0 Å². The zero-order valence-corrected chi connectivity index (χ0v) is 6.43. The first-order valence-electron chi connectivity index (χ1n) is 3.65. The number of hydrogen-bond donors (Lipinski definition) is 0. The molecule has 0 aromatic heterocycles. The van der Waals surface area contributed by atoms with Gasteiger partial charge in [-0.3, -0.25) is 9.59 Å². The Labute approximate surface area is 72.2 Å². The molecular formula is C9H4F2O2. The third kappa shape index (κ3) is 1.06. The van der Waals surface area contributed by atoms with Crippen molar-refractivity contribution in [3.05, 3.63) is 34.9 Å². The molecule has 0 fully saturated rings. The number of halogens is 2. The van der Waals surface area contributed by atoms with Gasteiger partial charge in [0.1, 0.15) is 11.6 Å². The van der Waals surface area contributed by atoms with E-state index in [1.807, 2.05) is 0 Å². The van der Waals surface area contributed by atoms with E-state index in [-0.39, 0.29) is 17.5 Å². The zero-order valence-electron chi connectivity index (χ0n) is 6.43. The number of hydrogen-bond acceptors (Lipinski definition) is 2.